The number of carbonyl (C=O) groups excluding carboxylic acids is 1. The summed E-state index contributed by atoms with van der Waals surface area (Å²) in [6, 6.07) is 0. The molecule has 0 radical (unpaired) electrons. The molecule has 0 aliphatic rings. The van der Waals surface area contributed by atoms with Crippen molar-refractivity contribution in [1.82, 2.24) is 0 Å². The highest BCUT2D eigenvalue weighted by Gasteiger charge is 2.26. The van der Waals surface area contributed by atoms with Crippen LogP contribution in [0.1, 0.15) is 245 Å². The van der Waals surface area contributed by atoms with E-state index in [1.807, 2.05) is 21.1 Å². The topological polar surface area (TPSA) is 91.3 Å². The Balaban J connectivity index is 4.07. The third-order valence-electron chi connectivity index (χ3n) is 11.5. The van der Waals surface area contributed by atoms with Gasteiger partial charge in [-0.15, -0.1) is 0 Å². The summed E-state index contributed by atoms with van der Waals surface area (Å²) in [4.78, 5) is 23.0. The molecule has 8 nitrogen and oxygen atoms in total. The summed E-state index contributed by atoms with van der Waals surface area (Å²) in [7, 11) is 1.68. The summed E-state index contributed by atoms with van der Waals surface area (Å²) in [5, 5.41) is 0. The van der Waals surface area contributed by atoms with E-state index in [9.17, 15) is 14.3 Å². The van der Waals surface area contributed by atoms with E-state index in [0.29, 0.717) is 24.1 Å². The molecule has 2 unspecified atom stereocenters. The summed E-state index contributed by atoms with van der Waals surface area (Å²) in [6.07, 6.45) is 53.6. The normalized spacial score (nSPS) is 13.7. The first-order chi connectivity index (χ1) is 29.6. The minimum atomic E-state index is -4.28. The Morgan fingerprint density at radius 1 is 0.508 bits per heavy atom. The zero-order valence-corrected chi connectivity index (χ0v) is 42.1. The summed E-state index contributed by atoms with van der Waals surface area (Å²) < 4.78 is 35.2. The Kier molecular flexibility index (Phi) is 44.8. The molecule has 0 fully saturated rings. The molecule has 2 atom stereocenters. The van der Waals surface area contributed by atoms with E-state index in [1.165, 1.54) is 186 Å². The van der Waals surface area contributed by atoms with Gasteiger partial charge in [-0.3, -0.25) is 13.8 Å². The number of carbonyl (C=O) groups is 1. The maximum Gasteiger partial charge on any atom is 0.472 e. The number of ether oxygens (including phenoxy) is 2. The number of rotatable bonds is 49. The largest absolute Gasteiger partial charge is 0.472 e. The highest BCUT2D eigenvalue weighted by Crippen LogP contribution is 2.43. The number of phosphoric acid groups is 1. The van der Waals surface area contributed by atoms with Gasteiger partial charge in [0.1, 0.15) is 19.3 Å². The van der Waals surface area contributed by atoms with Gasteiger partial charge in [-0.25, -0.2) is 4.57 Å². The van der Waals surface area contributed by atoms with Gasteiger partial charge in [0.15, 0.2) is 0 Å². The van der Waals surface area contributed by atoms with Gasteiger partial charge >= 0.3 is 13.8 Å². The molecule has 9 heteroatoms. The Hall–Kier alpha value is -1.02. The fourth-order valence-corrected chi connectivity index (χ4v) is 8.21. The van der Waals surface area contributed by atoms with Crippen molar-refractivity contribution >= 4 is 13.8 Å². The van der Waals surface area contributed by atoms with Crippen molar-refractivity contribution in [3.63, 3.8) is 0 Å². The molecule has 0 heterocycles. The monoisotopic (exact) mass is 885 g/mol. The van der Waals surface area contributed by atoms with Crippen molar-refractivity contribution in [2.75, 3.05) is 54.1 Å². The molecule has 0 amide bonds. The second-order valence-corrected chi connectivity index (χ2v) is 20.4. The van der Waals surface area contributed by atoms with Crippen molar-refractivity contribution in [3.05, 3.63) is 24.3 Å². The fourth-order valence-electron chi connectivity index (χ4n) is 7.47. The standard InChI is InChI=1S/C52H102NO7P/c1-6-8-10-12-14-16-18-20-22-23-24-25-26-27-28-29-30-32-34-36-38-40-42-44-47-57-49-51(50-59-61(55,56)58-48-46-53(3,4)5)60-52(54)45-43-41-39-37-35-33-31-21-19-17-15-13-11-9-7-2/h18,20,23-24,51H,6-17,19,21-22,25-50H2,1-5H3/p+1/b20-18-,24-23-. The van der Waals surface area contributed by atoms with Gasteiger partial charge in [0, 0.05) is 13.0 Å². The molecule has 0 aromatic carbocycles. The molecule has 362 valence electrons. The first-order valence-electron chi connectivity index (χ1n) is 26.1. The smallest absolute Gasteiger partial charge is 0.457 e. The van der Waals surface area contributed by atoms with Gasteiger partial charge in [-0.2, -0.15) is 0 Å². The van der Waals surface area contributed by atoms with Crippen molar-refractivity contribution in [2.24, 2.45) is 0 Å². The van der Waals surface area contributed by atoms with Crippen LogP contribution < -0.4 is 0 Å². The molecule has 61 heavy (non-hydrogen) atoms. The predicted octanol–water partition coefficient (Wildman–Crippen LogP) is 16.0. The molecular formula is C52H103NO7P+. The number of nitrogens with zero attached hydrogens (tertiary/aromatic N) is 1. The average Bonchev–Trinajstić information content (AvgIpc) is 3.22. The fraction of sp³-hybridized carbons (Fsp3) is 0.904. The number of unbranched alkanes of at least 4 members (excludes halogenated alkanes) is 31. The van der Waals surface area contributed by atoms with E-state index in [1.54, 1.807) is 0 Å². The number of phosphoric ester groups is 1. The van der Waals surface area contributed by atoms with Gasteiger partial charge < -0.3 is 18.9 Å². The lowest BCUT2D eigenvalue weighted by molar-refractivity contribution is -0.870. The molecule has 0 rings (SSSR count). The van der Waals surface area contributed by atoms with Crippen LogP contribution in [0.15, 0.2) is 24.3 Å². The van der Waals surface area contributed by atoms with Crippen LogP contribution in [0.3, 0.4) is 0 Å². The zero-order chi connectivity index (χ0) is 44.8. The summed E-state index contributed by atoms with van der Waals surface area (Å²) in [5.74, 6) is -0.309. The summed E-state index contributed by atoms with van der Waals surface area (Å²) in [5.41, 5.74) is 0. The van der Waals surface area contributed by atoms with E-state index in [-0.39, 0.29) is 25.8 Å². The van der Waals surface area contributed by atoms with E-state index < -0.39 is 13.9 Å². The van der Waals surface area contributed by atoms with E-state index in [2.05, 4.69) is 38.2 Å². The van der Waals surface area contributed by atoms with Crippen molar-refractivity contribution in [1.29, 1.82) is 0 Å². The number of quaternary nitrogens is 1. The number of hydrogen-bond acceptors (Lipinski definition) is 6. The minimum Gasteiger partial charge on any atom is -0.457 e. The quantitative estimate of drug-likeness (QED) is 0.0214. The van der Waals surface area contributed by atoms with E-state index in [4.69, 9.17) is 18.5 Å². The van der Waals surface area contributed by atoms with Crippen LogP contribution in [0.25, 0.3) is 0 Å². The first kappa shape index (κ1) is 60.0. The molecule has 0 aromatic heterocycles. The van der Waals surface area contributed by atoms with Crippen LogP contribution >= 0.6 is 7.82 Å². The van der Waals surface area contributed by atoms with Gasteiger partial charge in [-0.1, -0.05) is 218 Å². The molecular weight excluding hydrogens is 782 g/mol. The van der Waals surface area contributed by atoms with Crippen LogP contribution in [0.4, 0.5) is 0 Å². The van der Waals surface area contributed by atoms with Crippen molar-refractivity contribution in [2.45, 2.75) is 251 Å². The van der Waals surface area contributed by atoms with Crippen molar-refractivity contribution < 1.29 is 37.3 Å². The molecule has 0 aromatic rings. The third-order valence-corrected chi connectivity index (χ3v) is 12.5. The number of likely N-dealkylation sites (N-methyl/N-ethyl adjacent to an activating group) is 1. The second kappa shape index (κ2) is 45.5. The molecule has 0 bridgehead atoms. The first-order valence-corrected chi connectivity index (χ1v) is 27.6. The number of allylic oxidation sites excluding steroid dienone is 4. The van der Waals surface area contributed by atoms with Crippen LogP contribution in [0.2, 0.25) is 0 Å². The maximum absolute atomic E-state index is 12.7. The highest BCUT2D eigenvalue weighted by atomic mass is 31.2. The SMILES string of the molecule is CCCCCCC/C=C\C/C=C\CCCCCCCCCCCCCCOCC(COP(=O)(O)OCC[N+](C)(C)C)OC(=O)CCCCCCCCCCCCCCCCC. The van der Waals surface area contributed by atoms with E-state index >= 15 is 0 Å². The Labute approximate surface area is 379 Å². The molecule has 0 saturated carbocycles. The molecule has 1 N–H and O–H groups in total. The molecule has 0 aliphatic heterocycles. The van der Waals surface area contributed by atoms with Gasteiger partial charge in [0.25, 0.3) is 0 Å². The van der Waals surface area contributed by atoms with Crippen molar-refractivity contribution in [3.8, 4) is 0 Å². The number of hydrogen-bond donors (Lipinski definition) is 1. The third kappa shape index (κ3) is 49.8. The molecule has 0 aliphatic carbocycles. The minimum absolute atomic E-state index is 0.0910. The second-order valence-electron chi connectivity index (χ2n) is 18.9. The van der Waals surface area contributed by atoms with Crippen LogP contribution in [0.5, 0.6) is 0 Å². The summed E-state index contributed by atoms with van der Waals surface area (Å²) >= 11 is 0. The Morgan fingerprint density at radius 3 is 1.33 bits per heavy atom. The lowest BCUT2D eigenvalue weighted by Gasteiger charge is -2.24. The lowest BCUT2D eigenvalue weighted by atomic mass is 10.0. The molecule has 0 saturated heterocycles. The van der Waals surface area contributed by atoms with Crippen LogP contribution in [0, 0.1) is 0 Å². The van der Waals surface area contributed by atoms with Crippen LogP contribution in [-0.4, -0.2) is 75.6 Å². The Morgan fingerprint density at radius 2 is 0.902 bits per heavy atom. The maximum atomic E-state index is 12.7. The average molecular weight is 885 g/mol. The summed E-state index contributed by atoms with van der Waals surface area (Å²) in [6.45, 7) is 5.66. The van der Waals surface area contributed by atoms with Gasteiger partial charge in [0.2, 0.25) is 0 Å². The highest BCUT2D eigenvalue weighted by molar-refractivity contribution is 7.47. The lowest BCUT2D eigenvalue weighted by Crippen LogP contribution is -2.37. The predicted molar refractivity (Wildman–Crippen MR) is 261 cm³/mol. The molecule has 0 spiro atoms. The van der Waals surface area contributed by atoms with Crippen LogP contribution in [-0.2, 0) is 27.9 Å². The van der Waals surface area contributed by atoms with Gasteiger partial charge in [0.05, 0.1) is 34.4 Å². The Bertz CT molecular complexity index is 1030. The van der Waals surface area contributed by atoms with Gasteiger partial charge in [-0.05, 0) is 44.9 Å². The number of esters is 1. The zero-order valence-electron chi connectivity index (χ0n) is 41.2. The van der Waals surface area contributed by atoms with E-state index in [0.717, 1.165) is 38.5 Å².